The smallest absolute Gasteiger partial charge is 0.340 e. The molecule has 4 heteroatoms. The summed E-state index contributed by atoms with van der Waals surface area (Å²) < 4.78 is 10.2. The Morgan fingerprint density at radius 3 is 2.36 bits per heavy atom. The summed E-state index contributed by atoms with van der Waals surface area (Å²) in [6, 6.07) is 15.4. The lowest BCUT2D eigenvalue weighted by molar-refractivity contribution is 0.0601. The first kappa shape index (κ1) is 16.7. The first-order valence-electron chi connectivity index (χ1n) is 7.94. The molecule has 0 aliphatic heterocycles. The molecule has 0 unspecified atom stereocenters. The zero-order chi connectivity index (χ0) is 17.8. The monoisotopic (exact) mass is 333 g/mol. The van der Waals surface area contributed by atoms with Crippen LogP contribution in [-0.2, 0) is 11.2 Å². The van der Waals surface area contributed by atoms with Crippen molar-refractivity contribution in [1.29, 1.82) is 0 Å². The summed E-state index contributed by atoms with van der Waals surface area (Å²) >= 11 is 0. The molecule has 2 aromatic carbocycles. The maximum atomic E-state index is 12.3. The Labute approximate surface area is 146 Å². The predicted octanol–water partition coefficient (Wildman–Crippen LogP) is 4.43. The van der Waals surface area contributed by atoms with Gasteiger partial charge >= 0.3 is 5.97 Å². The Balaban J connectivity index is 2.32. The molecule has 4 nitrogen and oxygen atoms in total. The summed E-state index contributed by atoms with van der Waals surface area (Å²) in [6.45, 7) is 3.78. The number of fused-ring (bicyclic) bond motifs is 1. The average molecular weight is 333 g/mol. The number of aromatic nitrogens is 1. The van der Waals surface area contributed by atoms with E-state index >= 15 is 0 Å². The average Bonchev–Trinajstić information content (AvgIpc) is 2.67. The van der Waals surface area contributed by atoms with Gasteiger partial charge in [0.15, 0.2) is 0 Å². The Bertz CT molecular complexity index is 930. The van der Waals surface area contributed by atoms with Gasteiger partial charge in [0, 0.05) is 22.8 Å². The van der Waals surface area contributed by atoms with E-state index in [0.29, 0.717) is 17.7 Å². The van der Waals surface area contributed by atoms with Crippen molar-refractivity contribution in [2.24, 2.45) is 0 Å². The van der Waals surface area contributed by atoms with Gasteiger partial charge in [-0.2, -0.15) is 0 Å². The lowest BCUT2D eigenvalue weighted by Crippen LogP contribution is -2.09. The van der Waals surface area contributed by atoms with E-state index in [1.165, 1.54) is 7.11 Å². The minimum Gasteiger partial charge on any atom is -0.497 e. The van der Waals surface area contributed by atoms with Crippen LogP contribution in [0.5, 0.6) is 5.75 Å². The molecule has 0 saturated carbocycles. The summed E-state index contributed by atoms with van der Waals surface area (Å²) in [5.41, 5.74) is 2.93. The molecule has 0 fully saturated rings. The Kier molecular flexibility index (Phi) is 4.80. The van der Waals surface area contributed by atoms with Crippen LogP contribution < -0.4 is 4.74 Å². The minimum absolute atomic E-state index is 0.387. The van der Waals surface area contributed by atoms with Crippen molar-refractivity contribution in [1.82, 2.24) is 4.98 Å². The minimum atomic E-state index is -0.387. The highest BCUT2D eigenvalue weighted by atomic mass is 16.5. The summed E-state index contributed by atoms with van der Waals surface area (Å²) in [5.74, 6) is 0.396. The second-order valence-corrected chi connectivity index (χ2v) is 5.54. The maximum Gasteiger partial charge on any atom is 0.340 e. The number of allylic oxidation sites excluding steroid dienone is 1. The van der Waals surface area contributed by atoms with Crippen LogP contribution in [0.1, 0.15) is 16.1 Å². The van der Waals surface area contributed by atoms with Crippen LogP contribution in [0.25, 0.3) is 22.0 Å². The fourth-order valence-corrected chi connectivity index (χ4v) is 2.90. The Hall–Kier alpha value is -3.14. The molecule has 0 aliphatic carbocycles. The molecule has 3 rings (SSSR count). The number of hydrogen-bond donors (Lipinski definition) is 0. The molecule has 0 amide bonds. The number of carbonyl (C=O) groups is 1. The number of esters is 1. The van der Waals surface area contributed by atoms with Crippen LogP contribution in [0.2, 0.25) is 0 Å². The topological polar surface area (TPSA) is 48.4 Å². The van der Waals surface area contributed by atoms with Crippen LogP contribution in [0.15, 0.2) is 61.2 Å². The van der Waals surface area contributed by atoms with Gasteiger partial charge in [-0.05, 0) is 24.3 Å². The van der Waals surface area contributed by atoms with Gasteiger partial charge in [-0.1, -0.05) is 30.3 Å². The van der Waals surface area contributed by atoms with Crippen molar-refractivity contribution >= 4 is 16.7 Å². The van der Waals surface area contributed by atoms with Crippen molar-refractivity contribution in [3.8, 4) is 17.0 Å². The van der Waals surface area contributed by atoms with Crippen LogP contribution >= 0.6 is 0 Å². The molecule has 0 N–H and O–H groups in total. The zero-order valence-electron chi connectivity index (χ0n) is 14.3. The molecular weight excluding hydrogens is 314 g/mol. The van der Waals surface area contributed by atoms with E-state index in [1.807, 2.05) is 48.5 Å². The molecule has 0 bridgehead atoms. The number of rotatable bonds is 5. The first-order valence-corrected chi connectivity index (χ1v) is 7.94. The highest BCUT2D eigenvalue weighted by molar-refractivity contribution is 6.09. The molecule has 0 spiro atoms. The third-order valence-electron chi connectivity index (χ3n) is 4.08. The van der Waals surface area contributed by atoms with Crippen LogP contribution in [0.4, 0.5) is 0 Å². The molecule has 0 radical (unpaired) electrons. The van der Waals surface area contributed by atoms with E-state index in [1.54, 1.807) is 13.2 Å². The number of hydrogen-bond acceptors (Lipinski definition) is 4. The normalized spacial score (nSPS) is 10.5. The van der Waals surface area contributed by atoms with E-state index < -0.39 is 0 Å². The molecule has 0 saturated heterocycles. The molecule has 1 heterocycles. The highest BCUT2D eigenvalue weighted by Crippen LogP contribution is 2.32. The summed E-state index contributed by atoms with van der Waals surface area (Å²) in [5, 5.41) is 1.73. The number of methoxy groups -OCH3 is 2. The van der Waals surface area contributed by atoms with Crippen LogP contribution in [0, 0.1) is 0 Å². The molecular formula is C21H19NO3. The van der Waals surface area contributed by atoms with E-state index in [-0.39, 0.29) is 5.97 Å². The number of nitrogens with zero attached hydrogens (tertiary/aromatic N) is 1. The second kappa shape index (κ2) is 7.18. The molecule has 3 aromatic rings. The van der Waals surface area contributed by atoms with Crippen molar-refractivity contribution in [3.63, 3.8) is 0 Å². The second-order valence-electron chi connectivity index (χ2n) is 5.54. The quantitative estimate of drug-likeness (QED) is 0.512. The van der Waals surface area contributed by atoms with Crippen molar-refractivity contribution in [3.05, 3.63) is 72.4 Å². The first-order chi connectivity index (χ1) is 12.2. The van der Waals surface area contributed by atoms with Crippen molar-refractivity contribution in [2.75, 3.05) is 14.2 Å². The van der Waals surface area contributed by atoms with Gasteiger partial charge in [0.1, 0.15) is 5.75 Å². The lowest BCUT2D eigenvalue weighted by atomic mass is 9.97. The van der Waals surface area contributed by atoms with Gasteiger partial charge in [0.2, 0.25) is 0 Å². The largest absolute Gasteiger partial charge is 0.497 e. The number of benzene rings is 2. The molecule has 126 valence electrons. The summed E-state index contributed by atoms with van der Waals surface area (Å²) in [7, 11) is 3.02. The van der Waals surface area contributed by atoms with Gasteiger partial charge in [-0.3, -0.25) is 4.98 Å². The third kappa shape index (κ3) is 3.11. The third-order valence-corrected chi connectivity index (χ3v) is 4.08. The van der Waals surface area contributed by atoms with Gasteiger partial charge in [-0.15, -0.1) is 6.58 Å². The van der Waals surface area contributed by atoms with Crippen LogP contribution in [0.3, 0.4) is 0 Å². The number of pyridine rings is 1. The van der Waals surface area contributed by atoms with Gasteiger partial charge in [0.05, 0.1) is 31.2 Å². The van der Waals surface area contributed by atoms with Crippen LogP contribution in [-0.4, -0.2) is 25.2 Å². The fraction of sp³-hybridized carbons (Fsp3) is 0.143. The van der Waals surface area contributed by atoms with E-state index in [4.69, 9.17) is 14.5 Å². The maximum absolute atomic E-state index is 12.3. The molecule has 25 heavy (non-hydrogen) atoms. The summed E-state index contributed by atoms with van der Waals surface area (Å²) in [6.07, 6.45) is 2.22. The van der Waals surface area contributed by atoms with Gasteiger partial charge < -0.3 is 9.47 Å². The fourth-order valence-electron chi connectivity index (χ4n) is 2.90. The standard InChI is InChI=1S/C21H19NO3/c1-4-7-18-19(21(23)25-3)16-8-5-6-9-17(16)20(22-18)14-10-12-15(24-2)13-11-14/h4-6,8-13H,1,7H2,2-3H3. The molecule has 1 aromatic heterocycles. The Morgan fingerprint density at radius 1 is 1.08 bits per heavy atom. The molecule has 0 atom stereocenters. The zero-order valence-corrected chi connectivity index (χ0v) is 14.3. The lowest BCUT2D eigenvalue weighted by Gasteiger charge is -2.14. The van der Waals surface area contributed by atoms with E-state index in [9.17, 15) is 4.79 Å². The van der Waals surface area contributed by atoms with Crippen molar-refractivity contribution in [2.45, 2.75) is 6.42 Å². The SMILES string of the molecule is C=CCc1nc(-c2ccc(OC)cc2)c2ccccc2c1C(=O)OC. The van der Waals surface area contributed by atoms with Crippen molar-refractivity contribution < 1.29 is 14.3 Å². The number of ether oxygens (including phenoxy) is 2. The van der Waals surface area contributed by atoms with Gasteiger partial charge in [-0.25, -0.2) is 4.79 Å². The Morgan fingerprint density at radius 2 is 1.76 bits per heavy atom. The molecule has 0 aliphatic rings. The summed E-state index contributed by atoms with van der Waals surface area (Å²) in [4.78, 5) is 17.1. The number of carbonyl (C=O) groups excluding carboxylic acids is 1. The highest BCUT2D eigenvalue weighted by Gasteiger charge is 2.20. The van der Waals surface area contributed by atoms with E-state index in [0.717, 1.165) is 27.8 Å². The van der Waals surface area contributed by atoms with E-state index in [2.05, 4.69) is 6.58 Å². The predicted molar refractivity (Wildman–Crippen MR) is 99.0 cm³/mol. The van der Waals surface area contributed by atoms with Gasteiger partial charge in [0.25, 0.3) is 0 Å².